The lowest BCUT2D eigenvalue weighted by molar-refractivity contribution is -0.137. The Kier molecular flexibility index (Phi) is 2.50. The van der Waals surface area contributed by atoms with Gasteiger partial charge in [0.05, 0.1) is 17.3 Å². The van der Waals surface area contributed by atoms with E-state index >= 15 is 0 Å². The first-order valence-electron chi connectivity index (χ1n) is 5.62. The van der Waals surface area contributed by atoms with Gasteiger partial charge in [-0.1, -0.05) is 0 Å². The van der Waals surface area contributed by atoms with Crippen LogP contribution in [0.3, 0.4) is 0 Å². The van der Waals surface area contributed by atoms with Crippen LogP contribution in [0.1, 0.15) is 5.56 Å². The van der Waals surface area contributed by atoms with Crippen LogP contribution in [0.15, 0.2) is 28.8 Å². The zero-order valence-corrected chi connectivity index (χ0v) is 10.3. The fraction of sp³-hybridized carbons (Fsp3) is 0.167. The van der Waals surface area contributed by atoms with Crippen LogP contribution in [0.2, 0.25) is 0 Å². The van der Waals surface area contributed by atoms with Crippen LogP contribution in [0, 0.1) is 0 Å². The molecule has 0 bridgehead atoms. The Balaban J connectivity index is 2.14. The second-order valence-electron chi connectivity index (χ2n) is 4.27. The molecule has 3 rings (SSSR count). The second-order valence-corrected chi connectivity index (χ2v) is 4.27. The van der Waals surface area contributed by atoms with Crippen molar-refractivity contribution in [2.75, 3.05) is 5.73 Å². The number of hydrogen-bond donors (Lipinski definition) is 1. The van der Waals surface area contributed by atoms with E-state index in [1.807, 2.05) is 0 Å². The van der Waals surface area contributed by atoms with Crippen LogP contribution in [-0.2, 0) is 13.2 Å². The molecule has 0 atom stereocenters. The number of nitrogens with zero attached hydrogens (tertiary/aromatic N) is 3. The van der Waals surface area contributed by atoms with E-state index in [0.717, 1.165) is 12.1 Å². The van der Waals surface area contributed by atoms with Crippen molar-refractivity contribution in [3.8, 4) is 11.5 Å². The molecule has 2 heterocycles. The third-order valence-electron chi connectivity index (χ3n) is 2.93. The van der Waals surface area contributed by atoms with Crippen molar-refractivity contribution in [3.05, 3.63) is 30.0 Å². The average Bonchev–Trinajstić information content (AvgIpc) is 2.92. The molecule has 104 valence electrons. The molecule has 0 aliphatic carbocycles. The fourth-order valence-corrected chi connectivity index (χ4v) is 1.83. The standard InChI is InChI=1S/C12H9F3N4O/c1-19-10(16)7(5-17-19)11-18-8-4-6(12(13,14)15)2-3-9(8)20-11/h2-5H,16H2,1H3. The maximum absolute atomic E-state index is 12.6. The number of rotatable bonds is 1. The zero-order chi connectivity index (χ0) is 14.5. The number of nitrogens with two attached hydrogens (primary N) is 1. The summed E-state index contributed by atoms with van der Waals surface area (Å²) in [4.78, 5) is 4.03. The quantitative estimate of drug-likeness (QED) is 0.745. The Morgan fingerprint density at radius 1 is 1.30 bits per heavy atom. The summed E-state index contributed by atoms with van der Waals surface area (Å²) >= 11 is 0. The largest absolute Gasteiger partial charge is 0.436 e. The minimum Gasteiger partial charge on any atom is -0.436 e. The summed E-state index contributed by atoms with van der Waals surface area (Å²) in [5.41, 5.74) is 5.83. The van der Waals surface area contributed by atoms with E-state index in [4.69, 9.17) is 10.2 Å². The molecule has 0 fully saturated rings. The summed E-state index contributed by atoms with van der Waals surface area (Å²) in [6.45, 7) is 0. The molecule has 1 aromatic carbocycles. The van der Waals surface area contributed by atoms with Gasteiger partial charge >= 0.3 is 6.18 Å². The van der Waals surface area contributed by atoms with Crippen LogP contribution in [0.5, 0.6) is 0 Å². The minimum absolute atomic E-state index is 0.123. The lowest BCUT2D eigenvalue weighted by Crippen LogP contribution is -2.03. The van der Waals surface area contributed by atoms with Gasteiger partial charge in [0.25, 0.3) is 0 Å². The summed E-state index contributed by atoms with van der Waals surface area (Å²) < 4.78 is 44.7. The van der Waals surface area contributed by atoms with Gasteiger partial charge in [-0.2, -0.15) is 18.3 Å². The Bertz CT molecular complexity index is 788. The zero-order valence-electron chi connectivity index (χ0n) is 10.3. The number of anilines is 1. The second kappa shape index (κ2) is 3.99. The van der Waals surface area contributed by atoms with E-state index in [0.29, 0.717) is 11.4 Å². The molecular weight excluding hydrogens is 273 g/mol. The molecule has 0 saturated carbocycles. The molecule has 20 heavy (non-hydrogen) atoms. The number of aromatic nitrogens is 3. The summed E-state index contributed by atoms with van der Waals surface area (Å²) in [5, 5.41) is 3.93. The predicted molar refractivity (Wildman–Crippen MR) is 65.6 cm³/mol. The first-order valence-corrected chi connectivity index (χ1v) is 5.62. The van der Waals surface area contributed by atoms with E-state index in [9.17, 15) is 13.2 Å². The summed E-state index contributed by atoms with van der Waals surface area (Å²) in [6, 6.07) is 3.13. The maximum Gasteiger partial charge on any atom is 0.416 e. The first kappa shape index (κ1) is 12.5. The molecule has 0 radical (unpaired) electrons. The number of hydrogen-bond acceptors (Lipinski definition) is 4. The van der Waals surface area contributed by atoms with Gasteiger partial charge < -0.3 is 10.2 Å². The Morgan fingerprint density at radius 2 is 2.05 bits per heavy atom. The summed E-state index contributed by atoms with van der Waals surface area (Å²) in [6.07, 6.45) is -2.97. The Labute approximate surface area is 110 Å². The highest BCUT2D eigenvalue weighted by molar-refractivity contribution is 5.79. The van der Waals surface area contributed by atoms with Gasteiger partial charge in [0.1, 0.15) is 11.3 Å². The van der Waals surface area contributed by atoms with E-state index in [1.54, 1.807) is 7.05 Å². The SMILES string of the molecule is Cn1ncc(-c2nc3cc(C(F)(F)F)ccc3o2)c1N. The normalized spacial score (nSPS) is 12.2. The monoisotopic (exact) mass is 282 g/mol. The smallest absolute Gasteiger partial charge is 0.416 e. The van der Waals surface area contributed by atoms with Crippen molar-refractivity contribution in [2.45, 2.75) is 6.18 Å². The highest BCUT2D eigenvalue weighted by Gasteiger charge is 2.31. The molecule has 0 spiro atoms. The van der Waals surface area contributed by atoms with Gasteiger partial charge in [0, 0.05) is 7.05 Å². The summed E-state index contributed by atoms with van der Waals surface area (Å²) in [5.74, 6) is 0.470. The van der Waals surface area contributed by atoms with Gasteiger partial charge in [-0.3, -0.25) is 4.68 Å². The van der Waals surface area contributed by atoms with Gasteiger partial charge in [-0.25, -0.2) is 4.98 Å². The van der Waals surface area contributed by atoms with Crippen LogP contribution in [0.25, 0.3) is 22.6 Å². The highest BCUT2D eigenvalue weighted by atomic mass is 19.4. The topological polar surface area (TPSA) is 69.9 Å². The molecule has 2 N–H and O–H groups in total. The molecule has 0 saturated heterocycles. The molecule has 5 nitrogen and oxygen atoms in total. The number of oxazole rings is 1. The van der Waals surface area contributed by atoms with Gasteiger partial charge in [-0.05, 0) is 18.2 Å². The number of halogens is 3. The van der Waals surface area contributed by atoms with Gasteiger partial charge in [-0.15, -0.1) is 0 Å². The predicted octanol–water partition coefficient (Wildman–Crippen LogP) is 2.83. The van der Waals surface area contributed by atoms with Crippen LogP contribution < -0.4 is 5.73 Å². The summed E-state index contributed by atoms with van der Waals surface area (Å²) in [7, 11) is 1.64. The number of nitrogen functional groups attached to an aromatic ring is 1. The minimum atomic E-state index is -4.42. The number of aryl methyl sites for hydroxylation is 1. The van der Waals surface area contributed by atoms with E-state index in [2.05, 4.69) is 10.1 Å². The van der Waals surface area contributed by atoms with Crippen molar-refractivity contribution >= 4 is 16.9 Å². The molecule has 8 heteroatoms. The first-order chi connectivity index (χ1) is 9.36. The van der Waals surface area contributed by atoms with E-state index in [-0.39, 0.29) is 17.0 Å². The van der Waals surface area contributed by atoms with E-state index < -0.39 is 11.7 Å². The maximum atomic E-state index is 12.6. The fourth-order valence-electron chi connectivity index (χ4n) is 1.83. The van der Waals surface area contributed by atoms with Crippen molar-refractivity contribution < 1.29 is 17.6 Å². The molecule has 0 unspecified atom stereocenters. The molecule has 0 aliphatic rings. The third-order valence-corrected chi connectivity index (χ3v) is 2.93. The molecule has 0 aliphatic heterocycles. The van der Waals surface area contributed by atoms with Crippen molar-refractivity contribution in [1.29, 1.82) is 0 Å². The van der Waals surface area contributed by atoms with Crippen molar-refractivity contribution in [2.24, 2.45) is 7.05 Å². The molecular formula is C12H9F3N4O. The molecule has 0 amide bonds. The lowest BCUT2D eigenvalue weighted by atomic mass is 10.2. The molecule has 3 aromatic rings. The Morgan fingerprint density at radius 3 is 2.65 bits per heavy atom. The third kappa shape index (κ3) is 1.89. The Hall–Kier alpha value is -2.51. The number of benzene rings is 1. The van der Waals surface area contributed by atoms with Crippen LogP contribution in [0.4, 0.5) is 19.0 Å². The lowest BCUT2D eigenvalue weighted by Gasteiger charge is -2.04. The van der Waals surface area contributed by atoms with Crippen molar-refractivity contribution in [1.82, 2.24) is 14.8 Å². The van der Waals surface area contributed by atoms with Gasteiger partial charge in [0.2, 0.25) is 5.89 Å². The van der Waals surface area contributed by atoms with Crippen LogP contribution >= 0.6 is 0 Å². The highest BCUT2D eigenvalue weighted by Crippen LogP contribution is 2.33. The van der Waals surface area contributed by atoms with Crippen LogP contribution in [-0.4, -0.2) is 14.8 Å². The average molecular weight is 282 g/mol. The van der Waals surface area contributed by atoms with Crippen molar-refractivity contribution in [3.63, 3.8) is 0 Å². The number of alkyl halides is 3. The molecule has 2 aromatic heterocycles. The number of fused-ring (bicyclic) bond motifs is 1. The van der Waals surface area contributed by atoms with Gasteiger partial charge in [0.15, 0.2) is 5.58 Å². The van der Waals surface area contributed by atoms with E-state index in [1.165, 1.54) is 16.9 Å².